The second-order valence-corrected chi connectivity index (χ2v) is 9.70. The van der Waals surface area contributed by atoms with Crippen LogP contribution in [-0.4, -0.2) is 41.1 Å². The van der Waals surface area contributed by atoms with Crippen molar-refractivity contribution in [2.75, 3.05) is 30.4 Å². The molecule has 2 N–H and O–H groups in total. The van der Waals surface area contributed by atoms with Crippen LogP contribution in [0.25, 0.3) is 22.7 Å². The van der Waals surface area contributed by atoms with Crippen LogP contribution in [0.3, 0.4) is 0 Å². The van der Waals surface area contributed by atoms with Crippen LogP contribution < -0.4 is 15.0 Å². The Hall–Kier alpha value is -4.78. The number of methoxy groups -OCH3 is 1. The van der Waals surface area contributed by atoms with Gasteiger partial charge in [-0.25, -0.2) is 9.97 Å². The van der Waals surface area contributed by atoms with Crippen LogP contribution in [0.5, 0.6) is 5.75 Å². The van der Waals surface area contributed by atoms with E-state index < -0.39 is 0 Å². The SMILES string of the molecule is CCN(CCC#N)c1cc(NC(C)=O)c(N=Nc2nc(Cl)c(/C=C(\C#N)c3nc4ccccc4[nH]3)s2)cc1OC. The number of ether oxygens (including phenoxy) is 1. The molecule has 0 aliphatic carbocycles. The summed E-state index contributed by atoms with van der Waals surface area (Å²) in [6, 6.07) is 15.2. The average molecular weight is 574 g/mol. The molecule has 0 spiro atoms. The Bertz CT molecular complexity index is 1660. The van der Waals surface area contributed by atoms with Crippen LogP contribution in [0.1, 0.15) is 31.0 Å². The molecule has 0 aliphatic heterocycles. The fourth-order valence-corrected chi connectivity index (χ4v) is 4.89. The first-order valence-corrected chi connectivity index (χ1v) is 13.3. The van der Waals surface area contributed by atoms with Gasteiger partial charge in [-0.2, -0.15) is 10.5 Å². The zero-order valence-electron chi connectivity index (χ0n) is 21.9. The van der Waals surface area contributed by atoms with Crippen LogP contribution in [0.2, 0.25) is 5.15 Å². The topological polar surface area (TPSA) is 155 Å². The summed E-state index contributed by atoms with van der Waals surface area (Å²) in [5.41, 5.74) is 3.31. The predicted molar refractivity (Wildman–Crippen MR) is 156 cm³/mol. The lowest BCUT2D eigenvalue weighted by Gasteiger charge is -2.25. The number of amides is 1. The van der Waals surface area contributed by atoms with E-state index >= 15 is 0 Å². The van der Waals surface area contributed by atoms with Crippen molar-refractivity contribution in [2.24, 2.45) is 10.2 Å². The average Bonchev–Trinajstić information content (AvgIpc) is 3.53. The number of H-pyrrole nitrogens is 1. The number of anilines is 2. The number of rotatable bonds is 10. The van der Waals surface area contributed by atoms with E-state index in [2.05, 4.69) is 42.6 Å². The first kappa shape index (κ1) is 28.2. The standard InChI is InChI=1S/C27H24ClN9O2S/c1-4-37(11-7-10-29)22-13-20(31-16(2)38)21(14-23(22)39-3)35-36-27-34-25(28)24(40-27)12-17(15-30)26-32-18-8-5-6-9-19(18)33-26/h5-6,8-9,12-14H,4,7,11H2,1-3H3,(H,31,38)(H,32,33)/b17-12+,36-35?. The third-order valence-corrected chi connectivity index (χ3v) is 6.99. The van der Waals surface area contributed by atoms with Gasteiger partial charge >= 0.3 is 0 Å². The number of aromatic amines is 1. The molecule has 2 aromatic carbocycles. The maximum Gasteiger partial charge on any atom is 0.231 e. The van der Waals surface area contributed by atoms with Gasteiger partial charge in [-0.05, 0) is 31.2 Å². The maximum absolute atomic E-state index is 11.9. The molecule has 0 saturated carbocycles. The van der Waals surface area contributed by atoms with E-state index in [-0.39, 0.29) is 21.8 Å². The summed E-state index contributed by atoms with van der Waals surface area (Å²) in [6.45, 7) is 4.49. The molecular weight excluding hydrogens is 550 g/mol. The number of nitriles is 2. The Morgan fingerprint density at radius 1 is 1.27 bits per heavy atom. The normalized spacial score (nSPS) is 11.4. The number of thiazole rings is 1. The molecule has 11 nitrogen and oxygen atoms in total. The van der Waals surface area contributed by atoms with E-state index in [1.165, 1.54) is 14.0 Å². The fourth-order valence-electron chi connectivity index (χ4n) is 3.87. The summed E-state index contributed by atoms with van der Waals surface area (Å²) in [7, 11) is 1.53. The molecule has 2 aromatic heterocycles. The summed E-state index contributed by atoms with van der Waals surface area (Å²) < 4.78 is 5.58. The van der Waals surface area contributed by atoms with Crippen molar-refractivity contribution in [1.82, 2.24) is 15.0 Å². The number of benzene rings is 2. The molecule has 40 heavy (non-hydrogen) atoms. The summed E-state index contributed by atoms with van der Waals surface area (Å²) in [5.74, 6) is 0.638. The van der Waals surface area contributed by atoms with Crippen molar-refractivity contribution in [3.63, 3.8) is 0 Å². The highest BCUT2D eigenvalue weighted by Crippen LogP contribution is 2.40. The Morgan fingerprint density at radius 2 is 2.08 bits per heavy atom. The molecule has 4 rings (SSSR count). The summed E-state index contributed by atoms with van der Waals surface area (Å²) in [6.07, 6.45) is 1.93. The number of carbonyl (C=O) groups excluding carboxylic acids is 1. The first-order valence-electron chi connectivity index (χ1n) is 12.1. The Labute approximate surface area is 239 Å². The second-order valence-electron chi connectivity index (χ2n) is 8.33. The van der Waals surface area contributed by atoms with E-state index in [1.54, 1.807) is 18.2 Å². The Balaban J connectivity index is 1.67. The van der Waals surface area contributed by atoms with Gasteiger partial charge in [0.05, 0.1) is 52.5 Å². The minimum atomic E-state index is -0.285. The molecule has 0 saturated heterocycles. The van der Waals surface area contributed by atoms with Crippen LogP contribution in [0.15, 0.2) is 46.6 Å². The molecule has 1 amide bonds. The van der Waals surface area contributed by atoms with Crippen molar-refractivity contribution in [2.45, 2.75) is 20.3 Å². The molecule has 0 aliphatic rings. The fraction of sp³-hybridized carbons (Fsp3) is 0.222. The molecule has 4 aromatic rings. The van der Waals surface area contributed by atoms with E-state index in [0.29, 0.717) is 53.0 Å². The van der Waals surface area contributed by atoms with E-state index in [1.807, 2.05) is 36.1 Å². The van der Waals surface area contributed by atoms with Gasteiger partial charge in [0.25, 0.3) is 0 Å². The quantitative estimate of drug-likeness (QED) is 0.155. The van der Waals surface area contributed by atoms with Crippen molar-refractivity contribution in [1.29, 1.82) is 10.5 Å². The monoisotopic (exact) mass is 573 g/mol. The summed E-state index contributed by atoms with van der Waals surface area (Å²) >= 11 is 7.51. The Morgan fingerprint density at radius 3 is 2.75 bits per heavy atom. The van der Waals surface area contributed by atoms with Crippen LogP contribution in [0, 0.1) is 22.7 Å². The van der Waals surface area contributed by atoms with Crippen molar-refractivity contribution in [3.8, 4) is 17.9 Å². The third-order valence-electron chi connectivity index (χ3n) is 5.71. The molecular formula is C27H24ClN9O2S. The van der Waals surface area contributed by atoms with Gasteiger partial charge in [0, 0.05) is 26.1 Å². The highest BCUT2D eigenvalue weighted by molar-refractivity contribution is 7.16. The van der Waals surface area contributed by atoms with Crippen molar-refractivity contribution >= 4 is 73.7 Å². The molecule has 202 valence electrons. The predicted octanol–water partition coefficient (Wildman–Crippen LogP) is 6.86. The van der Waals surface area contributed by atoms with Gasteiger partial charge in [-0.1, -0.05) is 35.1 Å². The lowest BCUT2D eigenvalue weighted by Crippen LogP contribution is -2.24. The molecule has 2 heterocycles. The van der Waals surface area contributed by atoms with Gasteiger partial charge < -0.3 is 19.9 Å². The number of imidazole rings is 1. The molecule has 0 atom stereocenters. The smallest absolute Gasteiger partial charge is 0.231 e. The zero-order valence-corrected chi connectivity index (χ0v) is 23.5. The van der Waals surface area contributed by atoms with E-state index in [0.717, 1.165) is 22.4 Å². The highest BCUT2D eigenvalue weighted by atomic mass is 35.5. The minimum Gasteiger partial charge on any atom is -0.494 e. The maximum atomic E-state index is 11.9. The molecule has 0 fully saturated rings. The van der Waals surface area contributed by atoms with Gasteiger partial charge in [-0.3, -0.25) is 4.79 Å². The minimum absolute atomic E-state index is 0.161. The number of carbonyl (C=O) groups is 1. The van der Waals surface area contributed by atoms with E-state index in [4.69, 9.17) is 21.6 Å². The van der Waals surface area contributed by atoms with Gasteiger partial charge in [0.15, 0.2) is 0 Å². The number of nitrogens with zero attached hydrogens (tertiary/aromatic N) is 7. The highest BCUT2D eigenvalue weighted by Gasteiger charge is 2.17. The number of fused-ring (bicyclic) bond motifs is 1. The number of hydrogen-bond donors (Lipinski definition) is 2. The number of para-hydroxylation sites is 2. The van der Waals surface area contributed by atoms with Crippen molar-refractivity contribution < 1.29 is 9.53 Å². The lowest BCUT2D eigenvalue weighted by atomic mass is 10.2. The number of hydrogen-bond acceptors (Lipinski definition) is 10. The summed E-state index contributed by atoms with van der Waals surface area (Å²) in [4.78, 5) is 26.3. The number of allylic oxidation sites excluding steroid dienone is 1. The lowest BCUT2D eigenvalue weighted by molar-refractivity contribution is -0.114. The van der Waals surface area contributed by atoms with Crippen LogP contribution >= 0.6 is 22.9 Å². The van der Waals surface area contributed by atoms with Crippen LogP contribution in [-0.2, 0) is 4.79 Å². The van der Waals surface area contributed by atoms with E-state index in [9.17, 15) is 10.1 Å². The number of azo groups is 1. The Kier molecular flexibility index (Phi) is 9.07. The zero-order chi connectivity index (χ0) is 28.6. The molecule has 0 bridgehead atoms. The summed E-state index contributed by atoms with van der Waals surface area (Å²) in [5, 5.41) is 30.5. The molecule has 13 heteroatoms. The van der Waals surface area contributed by atoms with Gasteiger partial charge in [0.2, 0.25) is 11.0 Å². The molecule has 0 unspecified atom stereocenters. The van der Waals surface area contributed by atoms with Crippen LogP contribution in [0.4, 0.5) is 22.2 Å². The number of nitrogens with one attached hydrogen (secondary N) is 2. The van der Waals surface area contributed by atoms with Gasteiger partial charge in [0.1, 0.15) is 28.5 Å². The largest absolute Gasteiger partial charge is 0.494 e. The molecule has 0 radical (unpaired) electrons. The number of halogens is 1. The van der Waals surface area contributed by atoms with Gasteiger partial charge in [-0.15, -0.1) is 10.2 Å². The number of aromatic nitrogens is 3. The first-order chi connectivity index (χ1) is 19.4. The third kappa shape index (κ3) is 6.43. The van der Waals surface area contributed by atoms with Crippen molar-refractivity contribution in [3.05, 3.63) is 52.3 Å². The second kappa shape index (κ2) is 12.8.